The minimum Gasteiger partial charge on any atom is -0.478 e. The third kappa shape index (κ3) is 6.17. The van der Waals surface area contributed by atoms with Gasteiger partial charge in [0.2, 0.25) is 5.88 Å². The summed E-state index contributed by atoms with van der Waals surface area (Å²) in [6.45, 7) is 2.80. The van der Waals surface area contributed by atoms with Crippen molar-refractivity contribution in [3.8, 4) is 5.88 Å². The number of hydrogen-bond donors (Lipinski definition) is 2. The summed E-state index contributed by atoms with van der Waals surface area (Å²) in [7, 11) is 2.12. The summed E-state index contributed by atoms with van der Waals surface area (Å²) in [5.74, 6) is -0.0214. The Balaban J connectivity index is 0.000000677. The van der Waals surface area contributed by atoms with Gasteiger partial charge in [-0.15, -0.1) is 4.91 Å². The summed E-state index contributed by atoms with van der Waals surface area (Å²) >= 11 is 0. The number of nitrogens with zero attached hydrogens (tertiary/aromatic N) is 3. The van der Waals surface area contributed by atoms with E-state index in [1.165, 1.54) is 23.7 Å². The molecule has 0 amide bonds. The summed E-state index contributed by atoms with van der Waals surface area (Å²) in [5.41, 5.74) is 0.211. The molecule has 0 aromatic carbocycles. The van der Waals surface area contributed by atoms with E-state index in [2.05, 4.69) is 16.9 Å². The van der Waals surface area contributed by atoms with E-state index in [9.17, 15) is 4.79 Å². The highest BCUT2D eigenvalue weighted by atomic mass is 16.6. The average molecular weight is 297 g/mol. The van der Waals surface area contributed by atoms with Crippen molar-refractivity contribution in [2.75, 3.05) is 26.7 Å². The van der Waals surface area contributed by atoms with Crippen LogP contribution in [-0.4, -0.2) is 52.9 Å². The first kappa shape index (κ1) is 16.8. The Morgan fingerprint density at radius 2 is 2.14 bits per heavy atom. The van der Waals surface area contributed by atoms with E-state index in [1.54, 1.807) is 0 Å². The number of aromatic nitrogens is 1. The van der Waals surface area contributed by atoms with E-state index in [0.29, 0.717) is 18.4 Å². The number of hydrogen-bond acceptors (Lipinski definition) is 6. The van der Waals surface area contributed by atoms with E-state index in [1.807, 2.05) is 0 Å². The largest absolute Gasteiger partial charge is 0.478 e. The predicted molar refractivity (Wildman–Crippen MR) is 74.5 cm³/mol. The number of rotatable bonds is 4. The minimum atomic E-state index is -0.957. The van der Waals surface area contributed by atoms with E-state index in [4.69, 9.17) is 20.0 Å². The van der Waals surface area contributed by atoms with Crippen molar-refractivity contribution in [2.45, 2.75) is 12.8 Å². The smallest absolute Gasteiger partial charge is 0.335 e. The molecule has 0 saturated carbocycles. The van der Waals surface area contributed by atoms with Gasteiger partial charge < -0.3 is 20.0 Å². The summed E-state index contributed by atoms with van der Waals surface area (Å²) in [6.07, 6.45) is 3.71. The van der Waals surface area contributed by atoms with Crippen LogP contribution in [0.15, 0.2) is 23.7 Å². The van der Waals surface area contributed by atoms with Gasteiger partial charge in [0.15, 0.2) is 5.34 Å². The van der Waals surface area contributed by atoms with Gasteiger partial charge in [-0.25, -0.2) is 9.78 Å². The summed E-state index contributed by atoms with van der Waals surface area (Å²) in [5, 5.41) is 16.8. The molecule has 2 heterocycles. The topological polar surface area (TPSA) is 112 Å². The molecular weight excluding hydrogens is 278 g/mol. The lowest BCUT2D eigenvalue weighted by atomic mass is 9.98. The summed E-state index contributed by atoms with van der Waals surface area (Å²) in [4.78, 5) is 25.2. The minimum absolute atomic E-state index is 0.211. The number of pyridine rings is 1. The lowest BCUT2D eigenvalue weighted by molar-refractivity contribution is 0.0696. The first-order chi connectivity index (χ1) is 10.1. The van der Waals surface area contributed by atoms with E-state index in [-0.39, 0.29) is 5.56 Å². The van der Waals surface area contributed by atoms with Gasteiger partial charge >= 0.3 is 5.97 Å². The monoisotopic (exact) mass is 297 g/mol. The number of piperidine rings is 1. The molecule has 1 saturated heterocycles. The van der Waals surface area contributed by atoms with Crippen LogP contribution in [0.1, 0.15) is 23.2 Å². The van der Waals surface area contributed by atoms with Crippen molar-refractivity contribution in [3.05, 3.63) is 28.8 Å². The average Bonchev–Trinajstić information content (AvgIpc) is 2.48. The highest BCUT2D eigenvalue weighted by molar-refractivity contribution is 5.87. The summed E-state index contributed by atoms with van der Waals surface area (Å²) in [6, 6.07) is 2.93. The Labute approximate surface area is 122 Å². The van der Waals surface area contributed by atoms with Crippen LogP contribution in [0.5, 0.6) is 5.88 Å². The molecule has 1 aromatic rings. The van der Waals surface area contributed by atoms with Crippen molar-refractivity contribution < 1.29 is 19.8 Å². The fourth-order valence-corrected chi connectivity index (χ4v) is 2.05. The Morgan fingerprint density at radius 3 is 2.71 bits per heavy atom. The normalized spacial score (nSPS) is 15.7. The van der Waals surface area contributed by atoms with Crippen molar-refractivity contribution in [1.29, 1.82) is 0 Å². The number of carboxylic acid groups (broad SMARTS) is 1. The van der Waals surface area contributed by atoms with E-state index >= 15 is 0 Å². The van der Waals surface area contributed by atoms with Crippen molar-refractivity contribution >= 4 is 5.97 Å². The fourth-order valence-electron chi connectivity index (χ4n) is 2.05. The molecule has 116 valence electrons. The van der Waals surface area contributed by atoms with Crippen LogP contribution in [-0.2, 0) is 0 Å². The van der Waals surface area contributed by atoms with Crippen LogP contribution >= 0.6 is 0 Å². The molecule has 0 bridgehead atoms. The zero-order chi connectivity index (χ0) is 15.7. The maximum atomic E-state index is 10.8. The van der Waals surface area contributed by atoms with Crippen LogP contribution < -0.4 is 4.74 Å². The molecule has 2 N–H and O–H groups in total. The lowest BCUT2D eigenvalue weighted by Gasteiger charge is -2.28. The maximum Gasteiger partial charge on any atom is 0.335 e. The molecule has 0 atom stereocenters. The van der Waals surface area contributed by atoms with Crippen LogP contribution in [0.2, 0.25) is 0 Å². The zero-order valence-corrected chi connectivity index (χ0v) is 11.8. The van der Waals surface area contributed by atoms with Gasteiger partial charge in [-0.2, -0.15) is 0 Å². The fraction of sp³-hybridized carbons (Fsp3) is 0.538. The Hall–Kier alpha value is -2.22. The first-order valence-electron chi connectivity index (χ1n) is 6.54. The quantitative estimate of drug-likeness (QED) is 0.641. The second-order valence-electron chi connectivity index (χ2n) is 4.83. The molecule has 1 fully saturated rings. The van der Waals surface area contributed by atoms with Gasteiger partial charge in [-0.3, -0.25) is 0 Å². The highest BCUT2D eigenvalue weighted by Gasteiger charge is 2.17. The van der Waals surface area contributed by atoms with E-state index in [0.717, 1.165) is 25.9 Å². The van der Waals surface area contributed by atoms with Crippen molar-refractivity contribution in [3.63, 3.8) is 0 Å². The second-order valence-corrected chi connectivity index (χ2v) is 4.83. The molecule has 21 heavy (non-hydrogen) atoms. The van der Waals surface area contributed by atoms with Gasteiger partial charge in [0.1, 0.15) is 0 Å². The van der Waals surface area contributed by atoms with Gasteiger partial charge in [-0.05, 0) is 45.0 Å². The number of likely N-dealkylation sites (tertiary alicyclic amines) is 1. The molecule has 1 aliphatic heterocycles. The molecular formula is C13H19N3O5. The van der Waals surface area contributed by atoms with Gasteiger partial charge in [0, 0.05) is 12.3 Å². The molecule has 0 unspecified atom stereocenters. The Bertz CT molecular complexity index is 461. The highest BCUT2D eigenvalue weighted by Crippen LogP contribution is 2.18. The third-order valence-electron chi connectivity index (χ3n) is 3.29. The van der Waals surface area contributed by atoms with Gasteiger partial charge in [0.05, 0.1) is 12.2 Å². The molecule has 0 aliphatic carbocycles. The first-order valence-corrected chi connectivity index (χ1v) is 6.54. The van der Waals surface area contributed by atoms with Gasteiger partial charge in [-0.1, -0.05) is 0 Å². The van der Waals surface area contributed by atoms with Crippen molar-refractivity contribution in [1.82, 2.24) is 9.88 Å². The van der Waals surface area contributed by atoms with E-state index < -0.39 is 5.97 Å². The van der Waals surface area contributed by atoms with Crippen LogP contribution in [0, 0.1) is 10.8 Å². The van der Waals surface area contributed by atoms with Crippen molar-refractivity contribution in [2.24, 2.45) is 11.3 Å². The zero-order valence-electron chi connectivity index (χ0n) is 11.8. The molecule has 1 aromatic heterocycles. The molecule has 8 nitrogen and oxygen atoms in total. The van der Waals surface area contributed by atoms with Gasteiger partial charge in [0.25, 0.3) is 0 Å². The number of aromatic carboxylic acids is 1. The molecule has 0 radical (unpaired) electrons. The number of carboxylic acids is 1. The summed E-state index contributed by atoms with van der Waals surface area (Å²) < 4.78 is 5.58. The third-order valence-corrected chi connectivity index (χ3v) is 3.29. The number of ether oxygens (including phenoxy) is 1. The SMILES string of the molecule is CN1CCC(COc2cc(C(=O)O)ccn2)CC1.O=NO. The van der Waals surface area contributed by atoms with Crippen LogP contribution in [0.4, 0.5) is 0 Å². The maximum absolute atomic E-state index is 10.8. The molecule has 0 spiro atoms. The molecule has 1 aliphatic rings. The molecule has 8 heteroatoms. The second kappa shape index (κ2) is 8.85. The van der Waals surface area contributed by atoms with Crippen LogP contribution in [0.25, 0.3) is 0 Å². The van der Waals surface area contributed by atoms with Crippen LogP contribution in [0.3, 0.4) is 0 Å². The predicted octanol–water partition coefficient (Wildman–Crippen LogP) is 1.64. The molecule has 2 rings (SSSR count). The Morgan fingerprint density at radius 1 is 1.52 bits per heavy atom. The lowest BCUT2D eigenvalue weighted by Crippen LogP contribution is -2.32. The standard InChI is InChI=1S/C13H18N2O3.HNO2/c1-15-6-3-10(4-7-15)9-18-12-8-11(13(16)17)2-5-14-12;2-1-3/h2,5,8,10H,3-4,6-7,9H2,1H3,(H,16,17);(H,2,3). The number of carbonyl (C=O) groups is 1. The Kier molecular flexibility index (Phi) is 7.10.